The van der Waals surface area contributed by atoms with Gasteiger partial charge in [0.05, 0.1) is 24.2 Å². The van der Waals surface area contributed by atoms with Gasteiger partial charge in [-0.3, -0.25) is 4.79 Å². The summed E-state index contributed by atoms with van der Waals surface area (Å²) in [6.07, 6.45) is 4.35. The molecule has 1 aliphatic heterocycles. The molecule has 31 heavy (non-hydrogen) atoms. The molecule has 2 aromatic carbocycles. The van der Waals surface area contributed by atoms with Gasteiger partial charge < -0.3 is 29.2 Å². The molecule has 2 heterocycles. The molecule has 1 saturated heterocycles. The van der Waals surface area contributed by atoms with Crippen molar-refractivity contribution < 1.29 is 29.2 Å². The van der Waals surface area contributed by atoms with E-state index >= 15 is 0 Å². The maximum atomic E-state index is 13.3. The third-order valence-electron chi connectivity index (χ3n) is 5.89. The molecule has 1 fully saturated rings. The maximum Gasteiger partial charge on any atom is 0.204 e. The van der Waals surface area contributed by atoms with E-state index in [1.165, 1.54) is 19.2 Å². The second-order valence-corrected chi connectivity index (χ2v) is 8.55. The molecule has 7 heteroatoms. The van der Waals surface area contributed by atoms with Gasteiger partial charge in [-0.05, 0) is 40.0 Å². The van der Waals surface area contributed by atoms with Crippen LogP contribution in [0.15, 0.2) is 39.1 Å². The van der Waals surface area contributed by atoms with E-state index in [1.54, 1.807) is 0 Å². The maximum absolute atomic E-state index is 13.3. The molecule has 0 aliphatic carbocycles. The van der Waals surface area contributed by atoms with Crippen LogP contribution in [0.25, 0.3) is 21.9 Å². The summed E-state index contributed by atoms with van der Waals surface area (Å²) in [7, 11) is 1.42. The van der Waals surface area contributed by atoms with Gasteiger partial charge in [-0.15, -0.1) is 0 Å². The molecule has 0 amide bonds. The number of methoxy groups -OCH3 is 1. The van der Waals surface area contributed by atoms with Crippen molar-refractivity contribution in [3.05, 3.63) is 45.6 Å². The largest absolute Gasteiger partial charge is 0.508 e. The van der Waals surface area contributed by atoms with Gasteiger partial charge in [-0.25, -0.2) is 0 Å². The number of rotatable bonds is 6. The Morgan fingerprint density at radius 3 is 2.45 bits per heavy atom. The Bertz CT molecular complexity index is 1270. The number of ether oxygens (including phenoxy) is 2. The number of hydrogen-bond donors (Lipinski definition) is 3. The fraction of sp³-hybridized carbons (Fsp3) is 0.375. The van der Waals surface area contributed by atoms with E-state index in [9.17, 15) is 20.1 Å². The van der Waals surface area contributed by atoms with E-state index in [0.29, 0.717) is 12.0 Å². The summed E-state index contributed by atoms with van der Waals surface area (Å²) in [6.45, 7) is 6.15. The third kappa shape index (κ3) is 3.81. The van der Waals surface area contributed by atoms with Crippen LogP contribution in [0.1, 0.15) is 39.2 Å². The van der Waals surface area contributed by atoms with Crippen LogP contribution in [0.5, 0.6) is 23.0 Å². The number of epoxide rings is 1. The first-order valence-corrected chi connectivity index (χ1v) is 10.2. The van der Waals surface area contributed by atoms with Crippen LogP contribution in [-0.4, -0.2) is 34.1 Å². The minimum atomic E-state index is -0.457. The first-order chi connectivity index (χ1) is 14.6. The van der Waals surface area contributed by atoms with E-state index in [2.05, 4.69) is 13.8 Å². The molecule has 1 aliphatic rings. The highest BCUT2D eigenvalue weighted by molar-refractivity contribution is 5.96. The molecule has 3 aromatic rings. The van der Waals surface area contributed by atoms with E-state index in [0.717, 1.165) is 24.5 Å². The second-order valence-electron chi connectivity index (χ2n) is 8.55. The topological polar surface area (TPSA) is 113 Å². The zero-order valence-electron chi connectivity index (χ0n) is 18.0. The summed E-state index contributed by atoms with van der Waals surface area (Å²) in [5.74, 6) is -0.571. The van der Waals surface area contributed by atoms with Crippen molar-refractivity contribution in [2.24, 2.45) is 0 Å². The standard InChI is InChI=1S/C24H26O7/c1-12(6-8-19-24(2,3)31-19)5-7-14-20-18(11-16(27)23(14)29-4)30-17-10-13(25)9-15(26)21(17)22(20)28/h5,9-11,19,25-27H,6-8H2,1-4H3/b12-5+/t19-/m0/s1. The summed E-state index contributed by atoms with van der Waals surface area (Å²) in [5, 5.41) is 30.6. The first-order valence-electron chi connectivity index (χ1n) is 10.2. The Hall–Kier alpha value is -3.19. The Kier molecular flexibility index (Phi) is 5.09. The number of phenolic OH excluding ortho intramolecular Hbond substituents is 3. The highest BCUT2D eigenvalue weighted by Crippen LogP contribution is 2.40. The molecule has 0 unspecified atom stereocenters. The Morgan fingerprint density at radius 1 is 1.13 bits per heavy atom. The molecule has 0 saturated carbocycles. The van der Waals surface area contributed by atoms with E-state index < -0.39 is 5.43 Å². The van der Waals surface area contributed by atoms with Crippen LogP contribution >= 0.6 is 0 Å². The van der Waals surface area contributed by atoms with Crippen LogP contribution in [0.2, 0.25) is 0 Å². The number of hydrogen-bond acceptors (Lipinski definition) is 7. The van der Waals surface area contributed by atoms with Crippen LogP contribution in [0.4, 0.5) is 0 Å². The highest BCUT2D eigenvalue weighted by Gasteiger charge is 2.46. The van der Waals surface area contributed by atoms with Gasteiger partial charge in [0.15, 0.2) is 11.5 Å². The zero-order chi connectivity index (χ0) is 22.5. The number of aromatic hydroxyl groups is 3. The van der Waals surface area contributed by atoms with E-state index in [1.807, 2.05) is 13.0 Å². The molecule has 0 bridgehead atoms. The van der Waals surface area contributed by atoms with Crippen molar-refractivity contribution in [3.63, 3.8) is 0 Å². The number of fused-ring (bicyclic) bond motifs is 2. The van der Waals surface area contributed by atoms with Gasteiger partial charge in [0.1, 0.15) is 28.1 Å². The monoisotopic (exact) mass is 426 g/mol. The van der Waals surface area contributed by atoms with Gasteiger partial charge >= 0.3 is 0 Å². The van der Waals surface area contributed by atoms with Crippen molar-refractivity contribution in [2.75, 3.05) is 7.11 Å². The quantitative estimate of drug-likeness (QED) is 0.302. The molecular weight excluding hydrogens is 400 g/mol. The average Bonchev–Trinajstić information content (AvgIpc) is 3.29. The zero-order valence-corrected chi connectivity index (χ0v) is 18.0. The van der Waals surface area contributed by atoms with Crippen LogP contribution in [-0.2, 0) is 11.2 Å². The third-order valence-corrected chi connectivity index (χ3v) is 5.89. The van der Waals surface area contributed by atoms with Crippen LogP contribution in [0.3, 0.4) is 0 Å². The average molecular weight is 426 g/mol. The molecule has 7 nitrogen and oxygen atoms in total. The summed E-state index contributed by atoms with van der Waals surface area (Å²) in [6, 6.07) is 3.65. The van der Waals surface area contributed by atoms with Crippen molar-refractivity contribution in [1.82, 2.24) is 0 Å². The highest BCUT2D eigenvalue weighted by atomic mass is 16.6. The molecule has 3 N–H and O–H groups in total. The summed E-state index contributed by atoms with van der Waals surface area (Å²) in [4.78, 5) is 13.3. The van der Waals surface area contributed by atoms with E-state index in [-0.39, 0.29) is 56.6 Å². The van der Waals surface area contributed by atoms with Gasteiger partial charge in [-0.2, -0.15) is 0 Å². The lowest BCUT2D eigenvalue weighted by Gasteiger charge is -2.13. The second kappa shape index (κ2) is 7.50. The van der Waals surface area contributed by atoms with Crippen molar-refractivity contribution in [3.8, 4) is 23.0 Å². The summed E-state index contributed by atoms with van der Waals surface area (Å²) in [5.41, 5.74) is 1.27. The lowest BCUT2D eigenvalue weighted by atomic mass is 9.98. The minimum Gasteiger partial charge on any atom is -0.508 e. The smallest absolute Gasteiger partial charge is 0.204 e. The minimum absolute atomic E-state index is 0.0317. The van der Waals surface area contributed by atoms with Crippen LogP contribution in [0, 0.1) is 0 Å². The Morgan fingerprint density at radius 2 is 1.81 bits per heavy atom. The first kappa shape index (κ1) is 21.1. The van der Waals surface area contributed by atoms with Crippen molar-refractivity contribution in [2.45, 2.75) is 51.7 Å². The normalized spacial score (nSPS) is 17.9. The summed E-state index contributed by atoms with van der Waals surface area (Å²) >= 11 is 0. The summed E-state index contributed by atoms with van der Waals surface area (Å²) < 4.78 is 16.8. The van der Waals surface area contributed by atoms with Gasteiger partial charge in [0.25, 0.3) is 0 Å². The van der Waals surface area contributed by atoms with Crippen molar-refractivity contribution >= 4 is 21.9 Å². The number of phenols is 3. The molecule has 1 atom stereocenters. The van der Waals surface area contributed by atoms with Gasteiger partial charge in [-0.1, -0.05) is 11.6 Å². The lowest BCUT2D eigenvalue weighted by Crippen LogP contribution is -2.07. The van der Waals surface area contributed by atoms with Crippen molar-refractivity contribution in [1.29, 1.82) is 0 Å². The molecule has 4 rings (SSSR count). The molecule has 0 spiro atoms. The molecule has 0 radical (unpaired) electrons. The fourth-order valence-corrected chi connectivity index (χ4v) is 4.05. The predicted molar refractivity (Wildman–Crippen MR) is 117 cm³/mol. The predicted octanol–water partition coefficient (Wildman–Crippen LogP) is 4.52. The molecular formula is C24H26O7. The van der Waals surface area contributed by atoms with E-state index in [4.69, 9.17) is 13.9 Å². The number of allylic oxidation sites excluding steroid dienone is 2. The Balaban J connectivity index is 1.80. The fourth-order valence-electron chi connectivity index (χ4n) is 4.05. The number of benzene rings is 2. The lowest BCUT2D eigenvalue weighted by molar-refractivity contribution is 0.320. The SMILES string of the molecule is COc1c(O)cc2oc3cc(O)cc(O)c3c(=O)c2c1C/C=C(\C)CC[C@@H]1OC1(C)C. The molecule has 1 aromatic heterocycles. The Labute approximate surface area is 179 Å². The van der Waals surface area contributed by atoms with Crippen LogP contribution < -0.4 is 10.2 Å². The molecule has 164 valence electrons. The van der Waals surface area contributed by atoms with Gasteiger partial charge in [0.2, 0.25) is 5.43 Å². The van der Waals surface area contributed by atoms with Gasteiger partial charge in [0, 0.05) is 23.8 Å².